The minimum atomic E-state index is -4.81. The molecule has 1 saturated carbocycles. The molecular weight excluding hydrogens is 439 g/mol. The molecule has 0 unspecified atom stereocenters. The van der Waals surface area contributed by atoms with Gasteiger partial charge >= 0.3 is 6.36 Å². The molecule has 0 spiro atoms. The Morgan fingerprint density at radius 1 is 0.818 bits per heavy atom. The van der Waals surface area contributed by atoms with Crippen LogP contribution in [-0.4, -0.2) is 13.0 Å². The lowest BCUT2D eigenvalue weighted by atomic mass is 9.80. The van der Waals surface area contributed by atoms with Gasteiger partial charge in [-0.25, -0.2) is 4.39 Å². The zero-order valence-corrected chi connectivity index (χ0v) is 18.9. The van der Waals surface area contributed by atoms with E-state index >= 15 is 0 Å². The largest absolute Gasteiger partial charge is 0.573 e. The minimum absolute atomic E-state index is 0.0537. The summed E-state index contributed by atoms with van der Waals surface area (Å²) < 4.78 is 75.5. The Bertz CT molecular complexity index is 871. The highest BCUT2D eigenvalue weighted by molar-refractivity contribution is 5.66. The van der Waals surface area contributed by atoms with Crippen molar-refractivity contribution in [3.63, 3.8) is 0 Å². The maximum Gasteiger partial charge on any atom is 0.573 e. The molecule has 0 aromatic heterocycles. The molecule has 1 aliphatic rings. The van der Waals surface area contributed by atoms with Gasteiger partial charge in [-0.05, 0) is 54.5 Å². The predicted molar refractivity (Wildman–Crippen MR) is 118 cm³/mol. The average Bonchev–Trinajstić information content (AvgIpc) is 2.78. The van der Waals surface area contributed by atoms with Gasteiger partial charge in [0.2, 0.25) is 5.82 Å². The summed E-state index contributed by atoms with van der Waals surface area (Å²) in [5.41, 5.74) is 0.187. The Kier molecular flexibility index (Phi) is 8.98. The molecule has 0 atom stereocenters. The van der Waals surface area contributed by atoms with Crippen LogP contribution in [0.5, 0.6) is 11.5 Å². The van der Waals surface area contributed by atoms with Crippen LogP contribution in [0.15, 0.2) is 36.4 Å². The molecule has 0 saturated heterocycles. The summed E-state index contributed by atoms with van der Waals surface area (Å²) in [6, 6.07) is 7.36. The van der Waals surface area contributed by atoms with Crippen molar-refractivity contribution in [2.24, 2.45) is 11.8 Å². The van der Waals surface area contributed by atoms with Crippen LogP contribution in [-0.2, 0) is 0 Å². The van der Waals surface area contributed by atoms with E-state index in [-0.39, 0.29) is 16.9 Å². The van der Waals surface area contributed by atoms with Crippen LogP contribution in [0.3, 0.4) is 0 Å². The van der Waals surface area contributed by atoms with E-state index in [2.05, 4.69) is 11.7 Å². The third kappa shape index (κ3) is 7.61. The monoisotopic (exact) mass is 470 g/mol. The van der Waals surface area contributed by atoms with Gasteiger partial charge in [-0.15, -0.1) is 13.2 Å². The van der Waals surface area contributed by atoms with E-state index in [1.54, 1.807) is 0 Å². The van der Waals surface area contributed by atoms with Crippen LogP contribution in [0, 0.1) is 23.5 Å². The first-order valence-electron chi connectivity index (χ1n) is 11.7. The lowest BCUT2D eigenvalue weighted by Crippen LogP contribution is -2.20. The topological polar surface area (TPSA) is 18.5 Å². The van der Waals surface area contributed by atoms with Gasteiger partial charge in [0.25, 0.3) is 0 Å². The summed E-state index contributed by atoms with van der Waals surface area (Å²) in [6.07, 6.45) is 5.96. The summed E-state index contributed by atoms with van der Waals surface area (Å²) in [5, 5.41) is 0. The molecule has 0 heterocycles. The van der Waals surface area contributed by atoms with E-state index in [0.717, 1.165) is 43.7 Å². The van der Waals surface area contributed by atoms with Gasteiger partial charge in [0.1, 0.15) is 5.75 Å². The summed E-state index contributed by atoms with van der Waals surface area (Å²) in [4.78, 5) is 0. The predicted octanol–water partition coefficient (Wildman–Crippen LogP) is 8.69. The molecule has 33 heavy (non-hydrogen) atoms. The summed E-state index contributed by atoms with van der Waals surface area (Å²) in [7, 11) is 0. The number of benzene rings is 2. The fourth-order valence-electron chi connectivity index (χ4n) is 4.46. The van der Waals surface area contributed by atoms with Crippen LogP contribution in [0.25, 0.3) is 11.1 Å². The maximum absolute atomic E-state index is 14.6. The lowest BCUT2D eigenvalue weighted by Gasteiger charge is -2.28. The fourth-order valence-corrected chi connectivity index (χ4v) is 4.46. The van der Waals surface area contributed by atoms with Gasteiger partial charge in [-0.1, -0.05) is 64.0 Å². The van der Waals surface area contributed by atoms with Crippen molar-refractivity contribution in [1.29, 1.82) is 0 Å². The standard InChI is InChI=1S/C26H31F5O2/c1-2-3-4-5-6-18-7-9-19(10-8-18)17-32-23-16-15-22(24(27)25(23)28)20-11-13-21(14-12-20)33-26(29,30)31/h11-16,18-19H,2-10,17H2,1H3/t18-,19-. The molecule has 2 nitrogen and oxygen atoms in total. The number of unbranched alkanes of at least 4 members (excludes halogenated alkanes) is 3. The minimum Gasteiger partial charge on any atom is -0.490 e. The molecule has 0 bridgehead atoms. The fraction of sp³-hybridized carbons (Fsp3) is 0.538. The molecular formula is C26H31F5O2. The third-order valence-corrected chi connectivity index (χ3v) is 6.35. The second-order valence-corrected chi connectivity index (χ2v) is 8.86. The number of hydrogen-bond acceptors (Lipinski definition) is 2. The van der Waals surface area contributed by atoms with Gasteiger partial charge in [0.15, 0.2) is 11.6 Å². The second kappa shape index (κ2) is 11.7. The summed E-state index contributed by atoms with van der Waals surface area (Å²) >= 11 is 0. The van der Waals surface area contributed by atoms with Crippen molar-refractivity contribution in [3.05, 3.63) is 48.0 Å². The van der Waals surface area contributed by atoms with Gasteiger partial charge < -0.3 is 9.47 Å². The van der Waals surface area contributed by atoms with Crippen LogP contribution < -0.4 is 9.47 Å². The molecule has 0 radical (unpaired) electrons. The van der Waals surface area contributed by atoms with Crippen LogP contribution in [0.1, 0.15) is 64.7 Å². The van der Waals surface area contributed by atoms with Gasteiger partial charge in [-0.3, -0.25) is 0 Å². The van der Waals surface area contributed by atoms with E-state index < -0.39 is 23.7 Å². The summed E-state index contributed by atoms with van der Waals surface area (Å²) in [5.74, 6) is -1.65. The van der Waals surface area contributed by atoms with E-state index in [1.165, 1.54) is 56.4 Å². The highest BCUT2D eigenvalue weighted by Gasteiger charge is 2.31. The molecule has 1 aliphatic carbocycles. The SMILES string of the molecule is CCCCCC[C@H]1CC[C@H](COc2ccc(-c3ccc(OC(F)(F)F)cc3)c(F)c2F)CC1. The van der Waals surface area contributed by atoms with Gasteiger partial charge in [-0.2, -0.15) is 4.39 Å². The molecule has 0 amide bonds. The number of rotatable bonds is 10. The van der Waals surface area contributed by atoms with Crippen molar-refractivity contribution in [3.8, 4) is 22.6 Å². The molecule has 2 aromatic rings. The first-order chi connectivity index (χ1) is 15.8. The maximum atomic E-state index is 14.6. The Balaban J connectivity index is 1.52. The van der Waals surface area contributed by atoms with Gasteiger partial charge in [0, 0.05) is 5.56 Å². The van der Waals surface area contributed by atoms with Crippen molar-refractivity contribution in [1.82, 2.24) is 0 Å². The normalized spacial score (nSPS) is 18.8. The first kappa shape index (κ1) is 25.3. The molecule has 0 N–H and O–H groups in total. The van der Waals surface area contributed by atoms with Crippen LogP contribution in [0.4, 0.5) is 22.0 Å². The molecule has 182 valence electrons. The number of halogens is 5. The molecule has 1 fully saturated rings. The van der Waals surface area contributed by atoms with E-state index in [0.29, 0.717) is 12.5 Å². The molecule has 7 heteroatoms. The Morgan fingerprint density at radius 3 is 2.12 bits per heavy atom. The zero-order valence-electron chi connectivity index (χ0n) is 18.9. The van der Waals surface area contributed by atoms with Gasteiger partial charge in [0.05, 0.1) is 6.61 Å². The Morgan fingerprint density at radius 2 is 1.48 bits per heavy atom. The van der Waals surface area contributed by atoms with Crippen LogP contribution in [0.2, 0.25) is 0 Å². The Hall–Kier alpha value is -2.31. The highest BCUT2D eigenvalue weighted by Crippen LogP contribution is 2.35. The molecule has 2 aromatic carbocycles. The molecule has 3 rings (SSSR count). The lowest BCUT2D eigenvalue weighted by molar-refractivity contribution is -0.274. The Labute approximate surface area is 192 Å². The van der Waals surface area contributed by atoms with Crippen molar-refractivity contribution in [2.75, 3.05) is 6.61 Å². The van der Waals surface area contributed by atoms with Crippen molar-refractivity contribution < 1.29 is 31.4 Å². The summed E-state index contributed by atoms with van der Waals surface area (Å²) in [6.45, 7) is 2.56. The van der Waals surface area contributed by atoms with Crippen molar-refractivity contribution in [2.45, 2.75) is 71.1 Å². The average molecular weight is 471 g/mol. The van der Waals surface area contributed by atoms with E-state index in [1.807, 2.05) is 0 Å². The smallest absolute Gasteiger partial charge is 0.490 e. The quantitative estimate of drug-likeness (QED) is 0.255. The van der Waals surface area contributed by atoms with Crippen LogP contribution >= 0.6 is 0 Å². The van der Waals surface area contributed by atoms with Crippen molar-refractivity contribution >= 4 is 0 Å². The number of alkyl halides is 3. The number of hydrogen-bond donors (Lipinski definition) is 0. The van der Waals surface area contributed by atoms with E-state index in [4.69, 9.17) is 4.74 Å². The third-order valence-electron chi connectivity index (χ3n) is 6.35. The first-order valence-corrected chi connectivity index (χ1v) is 11.7. The second-order valence-electron chi connectivity index (χ2n) is 8.86. The zero-order chi connectivity index (χ0) is 23.8. The van der Waals surface area contributed by atoms with E-state index in [9.17, 15) is 22.0 Å². The highest BCUT2D eigenvalue weighted by atomic mass is 19.4. The molecule has 0 aliphatic heterocycles. The number of ether oxygens (including phenoxy) is 2.